The van der Waals surface area contributed by atoms with Gasteiger partial charge < -0.3 is 5.10 Å². The molecule has 1 aromatic carbocycles. The number of aromatic amines is 2. The number of hydrogen-bond acceptors (Lipinski definition) is 1. The summed E-state index contributed by atoms with van der Waals surface area (Å²) in [7, 11) is 0. The van der Waals surface area contributed by atoms with E-state index in [0.29, 0.717) is 0 Å². The Morgan fingerprint density at radius 3 is 2.40 bits per heavy atom. The average Bonchev–Trinajstić information content (AvgIpc) is 2.59. The van der Waals surface area contributed by atoms with Gasteiger partial charge in [-0.15, -0.1) is 0 Å². The number of aromatic nitrogens is 2. The van der Waals surface area contributed by atoms with E-state index in [1.807, 2.05) is 25.1 Å². The lowest BCUT2D eigenvalue weighted by molar-refractivity contribution is 0.885. The summed E-state index contributed by atoms with van der Waals surface area (Å²) in [6, 6.07) is 10.3. The highest BCUT2D eigenvalue weighted by atomic mass is 16.1. The van der Waals surface area contributed by atoms with Crippen molar-refractivity contribution in [3.05, 3.63) is 57.5 Å². The zero-order valence-corrected chi connectivity index (χ0v) is 8.71. The lowest BCUT2D eigenvalue weighted by Gasteiger charge is -1.99. The van der Waals surface area contributed by atoms with Gasteiger partial charge in [0.15, 0.2) is 0 Å². The summed E-state index contributed by atoms with van der Waals surface area (Å²) in [6.45, 7) is 1.84. The van der Waals surface area contributed by atoms with Gasteiger partial charge in [0.1, 0.15) is 0 Å². The smallest absolute Gasteiger partial charge is 0.267 e. The Kier molecular flexibility index (Phi) is 2.72. The van der Waals surface area contributed by atoms with E-state index in [1.165, 1.54) is 5.56 Å². The molecule has 2 rings (SSSR count). The van der Waals surface area contributed by atoms with Crippen molar-refractivity contribution in [2.75, 3.05) is 0 Å². The van der Waals surface area contributed by atoms with Crippen LogP contribution in [0, 0.1) is 6.92 Å². The predicted molar refractivity (Wildman–Crippen MR) is 60.0 cm³/mol. The molecule has 2 N–H and O–H groups in total. The fraction of sp³-hybridized carbons (Fsp3) is 0.250. The van der Waals surface area contributed by atoms with E-state index in [4.69, 9.17) is 0 Å². The van der Waals surface area contributed by atoms with Crippen molar-refractivity contribution in [1.82, 2.24) is 10.2 Å². The van der Waals surface area contributed by atoms with Crippen LogP contribution in [0.2, 0.25) is 0 Å². The molecule has 0 bridgehead atoms. The van der Waals surface area contributed by atoms with Crippen LogP contribution < -0.4 is 5.56 Å². The third-order valence-electron chi connectivity index (χ3n) is 2.63. The zero-order valence-electron chi connectivity index (χ0n) is 8.71. The average molecular weight is 202 g/mol. The third kappa shape index (κ3) is 2.18. The van der Waals surface area contributed by atoms with E-state index < -0.39 is 0 Å². The Bertz CT molecular complexity index is 482. The first kappa shape index (κ1) is 9.77. The Labute approximate surface area is 88.1 Å². The quantitative estimate of drug-likeness (QED) is 0.783. The van der Waals surface area contributed by atoms with Crippen molar-refractivity contribution in [1.29, 1.82) is 0 Å². The summed E-state index contributed by atoms with van der Waals surface area (Å²) in [5.41, 5.74) is 3.08. The molecule has 2 aromatic rings. The van der Waals surface area contributed by atoms with Crippen LogP contribution in [0.4, 0.5) is 0 Å². The predicted octanol–water partition coefficient (Wildman–Crippen LogP) is 1.80. The fourth-order valence-corrected chi connectivity index (χ4v) is 1.62. The maximum Gasteiger partial charge on any atom is 0.267 e. The highest BCUT2D eigenvalue weighted by Crippen LogP contribution is 2.05. The first-order valence-corrected chi connectivity index (χ1v) is 5.07. The van der Waals surface area contributed by atoms with E-state index in [1.54, 1.807) is 0 Å². The van der Waals surface area contributed by atoms with Crippen LogP contribution in [0.3, 0.4) is 0 Å². The van der Waals surface area contributed by atoms with Crippen LogP contribution >= 0.6 is 0 Å². The Balaban J connectivity index is 2.06. The van der Waals surface area contributed by atoms with Gasteiger partial charge in [-0.3, -0.25) is 9.89 Å². The molecule has 0 aliphatic carbocycles. The Morgan fingerprint density at radius 2 is 1.80 bits per heavy atom. The van der Waals surface area contributed by atoms with Crippen LogP contribution in [0.25, 0.3) is 0 Å². The minimum Gasteiger partial charge on any atom is -0.302 e. The van der Waals surface area contributed by atoms with Gasteiger partial charge in [-0.2, -0.15) is 0 Å². The molecule has 0 amide bonds. The maximum atomic E-state index is 11.2. The van der Waals surface area contributed by atoms with E-state index in [2.05, 4.69) is 22.3 Å². The molecular formula is C12H14N2O. The Hall–Kier alpha value is -1.77. The van der Waals surface area contributed by atoms with Crippen molar-refractivity contribution in [2.45, 2.75) is 19.8 Å². The number of nitrogens with one attached hydrogen (secondary N) is 2. The van der Waals surface area contributed by atoms with Gasteiger partial charge in [0, 0.05) is 11.3 Å². The van der Waals surface area contributed by atoms with Crippen molar-refractivity contribution in [3.8, 4) is 0 Å². The van der Waals surface area contributed by atoms with Crippen LogP contribution in [0.5, 0.6) is 0 Å². The van der Waals surface area contributed by atoms with Gasteiger partial charge >= 0.3 is 0 Å². The van der Waals surface area contributed by atoms with Gasteiger partial charge in [0.25, 0.3) is 5.56 Å². The van der Waals surface area contributed by atoms with E-state index in [0.717, 1.165) is 24.1 Å². The molecule has 0 spiro atoms. The second-order valence-corrected chi connectivity index (χ2v) is 3.67. The molecule has 0 aliphatic rings. The second kappa shape index (κ2) is 4.17. The molecular weight excluding hydrogens is 188 g/mol. The van der Waals surface area contributed by atoms with Crippen LogP contribution in [-0.2, 0) is 12.8 Å². The first-order chi connectivity index (χ1) is 7.27. The number of aryl methyl sites for hydroxylation is 2. The molecule has 0 unspecified atom stereocenters. The lowest BCUT2D eigenvalue weighted by atomic mass is 10.1. The monoisotopic (exact) mass is 202 g/mol. The molecule has 3 nitrogen and oxygen atoms in total. The summed E-state index contributed by atoms with van der Waals surface area (Å²) in [6.07, 6.45) is 1.82. The van der Waals surface area contributed by atoms with Gasteiger partial charge in [0.05, 0.1) is 0 Å². The van der Waals surface area contributed by atoms with Crippen molar-refractivity contribution >= 4 is 0 Å². The summed E-state index contributed by atoms with van der Waals surface area (Å²) in [5, 5.41) is 5.50. The Morgan fingerprint density at radius 1 is 1.07 bits per heavy atom. The highest BCUT2D eigenvalue weighted by Gasteiger charge is 2.04. The molecule has 0 saturated carbocycles. The van der Waals surface area contributed by atoms with Crippen LogP contribution in [0.1, 0.15) is 16.8 Å². The summed E-state index contributed by atoms with van der Waals surface area (Å²) in [4.78, 5) is 11.2. The number of rotatable bonds is 3. The topological polar surface area (TPSA) is 48.6 Å². The molecule has 0 aliphatic heterocycles. The molecule has 0 saturated heterocycles. The largest absolute Gasteiger partial charge is 0.302 e. The SMILES string of the molecule is Cc1c(CCc2ccccc2)[nH][nH]c1=O. The molecule has 0 radical (unpaired) electrons. The summed E-state index contributed by atoms with van der Waals surface area (Å²) >= 11 is 0. The van der Waals surface area contributed by atoms with E-state index in [9.17, 15) is 4.79 Å². The molecule has 3 heteroatoms. The number of benzene rings is 1. The van der Waals surface area contributed by atoms with Gasteiger partial charge in [-0.25, -0.2) is 0 Å². The molecule has 1 aromatic heterocycles. The molecule has 0 atom stereocenters. The van der Waals surface area contributed by atoms with Crippen molar-refractivity contribution in [3.63, 3.8) is 0 Å². The molecule has 0 fully saturated rings. The van der Waals surface area contributed by atoms with Crippen LogP contribution in [0.15, 0.2) is 35.1 Å². The highest BCUT2D eigenvalue weighted by molar-refractivity contribution is 5.19. The molecule has 78 valence electrons. The minimum absolute atomic E-state index is 0.0157. The van der Waals surface area contributed by atoms with E-state index >= 15 is 0 Å². The van der Waals surface area contributed by atoms with Gasteiger partial charge in [-0.1, -0.05) is 30.3 Å². The fourth-order valence-electron chi connectivity index (χ4n) is 1.62. The molecule has 1 heterocycles. The minimum atomic E-state index is -0.0157. The number of hydrogen-bond donors (Lipinski definition) is 2. The zero-order chi connectivity index (χ0) is 10.7. The van der Waals surface area contributed by atoms with Crippen LogP contribution in [-0.4, -0.2) is 10.2 Å². The normalized spacial score (nSPS) is 10.5. The van der Waals surface area contributed by atoms with Crippen molar-refractivity contribution < 1.29 is 0 Å². The summed E-state index contributed by atoms with van der Waals surface area (Å²) < 4.78 is 0. The molecule has 15 heavy (non-hydrogen) atoms. The summed E-state index contributed by atoms with van der Waals surface area (Å²) in [5.74, 6) is 0. The second-order valence-electron chi connectivity index (χ2n) is 3.67. The first-order valence-electron chi connectivity index (χ1n) is 5.07. The maximum absolute atomic E-state index is 11.2. The lowest BCUT2D eigenvalue weighted by Crippen LogP contribution is -2.02. The third-order valence-corrected chi connectivity index (χ3v) is 2.63. The van der Waals surface area contributed by atoms with E-state index in [-0.39, 0.29) is 5.56 Å². The van der Waals surface area contributed by atoms with Crippen molar-refractivity contribution in [2.24, 2.45) is 0 Å². The van der Waals surface area contributed by atoms with Gasteiger partial charge in [0.2, 0.25) is 0 Å². The standard InChI is InChI=1S/C12H14N2O/c1-9-11(13-14-12(9)15)8-7-10-5-3-2-4-6-10/h2-6H,7-8H2,1H3,(H2,13,14,15). The van der Waals surface area contributed by atoms with Gasteiger partial charge in [-0.05, 0) is 25.3 Å². The number of H-pyrrole nitrogens is 2.